The second-order valence-electron chi connectivity index (χ2n) is 4.26. The van der Waals surface area contributed by atoms with Gasteiger partial charge in [0.05, 0.1) is 24.8 Å². The van der Waals surface area contributed by atoms with Gasteiger partial charge in [-0.25, -0.2) is 15.0 Å². The van der Waals surface area contributed by atoms with Gasteiger partial charge < -0.3 is 10.3 Å². The predicted octanol–water partition coefficient (Wildman–Crippen LogP) is 2.34. The van der Waals surface area contributed by atoms with Crippen LogP contribution < -0.4 is 5.73 Å². The molecule has 3 aromatic heterocycles. The Bertz CT molecular complexity index is 700. The van der Waals surface area contributed by atoms with Crippen LogP contribution >= 0.6 is 11.3 Å². The number of imidazole rings is 1. The summed E-state index contributed by atoms with van der Waals surface area (Å²) in [6, 6.07) is 3.78. The summed E-state index contributed by atoms with van der Waals surface area (Å²) in [5, 5.41) is 3.12. The fourth-order valence-corrected chi connectivity index (χ4v) is 2.69. The summed E-state index contributed by atoms with van der Waals surface area (Å²) in [6.45, 7) is 2.72. The monoisotopic (exact) mass is 271 g/mol. The molecular weight excluding hydrogens is 258 g/mol. The van der Waals surface area contributed by atoms with Crippen LogP contribution in [-0.4, -0.2) is 19.5 Å². The van der Waals surface area contributed by atoms with E-state index >= 15 is 0 Å². The van der Waals surface area contributed by atoms with Crippen LogP contribution in [0.4, 0.5) is 5.82 Å². The molecule has 3 rings (SSSR count). The van der Waals surface area contributed by atoms with E-state index < -0.39 is 0 Å². The summed E-state index contributed by atoms with van der Waals surface area (Å²) < 4.78 is 2.06. The number of nitrogen functional groups attached to an aromatic ring is 1. The molecule has 6 heteroatoms. The number of anilines is 1. The van der Waals surface area contributed by atoms with Gasteiger partial charge >= 0.3 is 0 Å². The number of rotatable bonds is 3. The number of hydrogen-bond donors (Lipinski definition) is 1. The number of aromatic nitrogens is 4. The molecule has 19 heavy (non-hydrogen) atoms. The topological polar surface area (TPSA) is 69.6 Å². The van der Waals surface area contributed by atoms with Crippen LogP contribution in [0.15, 0.2) is 36.2 Å². The van der Waals surface area contributed by atoms with Crippen molar-refractivity contribution in [3.63, 3.8) is 0 Å². The highest BCUT2D eigenvalue weighted by molar-refractivity contribution is 7.09. The average Bonchev–Trinajstić information content (AvgIpc) is 2.99. The standard InChI is InChI=1S/C13H13N5S/c1-9-7-19-13(17-9)6-18-8-15-5-11(18)10-2-3-16-12(14)4-10/h2-5,7-8H,6H2,1H3,(H2,14,16). The fraction of sp³-hybridized carbons (Fsp3) is 0.154. The molecule has 0 aliphatic carbocycles. The average molecular weight is 271 g/mol. The highest BCUT2D eigenvalue weighted by Gasteiger charge is 2.08. The molecule has 2 N–H and O–H groups in total. The van der Waals surface area contributed by atoms with Crippen LogP contribution in [0.2, 0.25) is 0 Å². The minimum Gasteiger partial charge on any atom is -0.384 e. The van der Waals surface area contributed by atoms with E-state index in [2.05, 4.69) is 24.9 Å². The molecule has 0 atom stereocenters. The highest BCUT2D eigenvalue weighted by Crippen LogP contribution is 2.21. The maximum Gasteiger partial charge on any atom is 0.123 e. The predicted molar refractivity (Wildman–Crippen MR) is 75.8 cm³/mol. The van der Waals surface area contributed by atoms with Gasteiger partial charge in [-0.3, -0.25) is 0 Å². The molecule has 0 unspecified atom stereocenters. The molecule has 0 aromatic carbocycles. The van der Waals surface area contributed by atoms with Crippen LogP contribution in [0.1, 0.15) is 10.7 Å². The molecule has 0 aliphatic heterocycles. The number of nitrogens with two attached hydrogens (primary N) is 1. The van der Waals surface area contributed by atoms with E-state index in [-0.39, 0.29) is 0 Å². The lowest BCUT2D eigenvalue weighted by molar-refractivity contribution is 0.795. The normalized spacial score (nSPS) is 10.8. The summed E-state index contributed by atoms with van der Waals surface area (Å²) >= 11 is 1.66. The first-order chi connectivity index (χ1) is 9.22. The molecule has 0 saturated heterocycles. The third-order valence-electron chi connectivity index (χ3n) is 2.76. The zero-order chi connectivity index (χ0) is 13.2. The molecular formula is C13H13N5S. The van der Waals surface area contributed by atoms with Gasteiger partial charge in [0.1, 0.15) is 10.8 Å². The lowest BCUT2D eigenvalue weighted by Crippen LogP contribution is -2.00. The van der Waals surface area contributed by atoms with Gasteiger partial charge in [-0.2, -0.15) is 0 Å². The molecule has 0 aliphatic rings. The van der Waals surface area contributed by atoms with Crippen LogP contribution in [0.3, 0.4) is 0 Å². The van der Waals surface area contributed by atoms with E-state index in [1.165, 1.54) is 0 Å². The first kappa shape index (κ1) is 11.9. The van der Waals surface area contributed by atoms with E-state index in [4.69, 9.17) is 5.73 Å². The van der Waals surface area contributed by atoms with Crippen molar-refractivity contribution in [2.24, 2.45) is 0 Å². The van der Waals surface area contributed by atoms with Crippen LogP contribution in [0.25, 0.3) is 11.3 Å². The van der Waals surface area contributed by atoms with Crippen molar-refractivity contribution in [2.75, 3.05) is 5.73 Å². The van der Waals surface area contributed by atoms with Gasteiger partial charge in [0.2, 0.25) is 0 Å². The van der Waals surface area contributed by atoms with Gasteiger partial charge in [-0.1, -0.05) is 0 Å². The summed E-state index contributed by atoms with van der Waals surface area (Å²) in [4.78, 5) is 12.7. The maximum atomic E-state index is 5.72. The van der Waals surface area contributed by atoms with E-state index in [0.717, 1.165) is 28.5 Å². The molecule has 96 valence electrons. The molecule has 0 fully saturated rings. The van der Waals surface area contributed by atoms with Gasteiger partial charge in [0, 0.05) is 22.8 Å². The van der Waals surface area contributed by atoms with E-state index in [9.17, 15) is 0 Å². The summed E-state index contributed by atoms with van der Waals surface area (Å²) in [5.41, 5.74) is 8.80. The Morgan fingerprint density at radius 2 is 2.32 bits per heavy atom. The zero-order valence-corrected chi connectivity index (χ0v) is 11.3. The SMILES string of the molecule is Cc1csc(Cn2cncc2-c2ccnc(N)c2)n1. The van der Waals surface area contributed by atoms with Crippen molar-refractivity contribution in [3.05, 3.63) is 46.9 Å². The summed E-state index contributed by atoms with van der Waals surface area (Å²) in [7, 11) is 0. The third kappa shape index (κ3) is 2.48. The van der Waals surface area contributed by atoms with Crippen molar-refractivity contribution in [3.8, 4) is 11.3 Å². The summed E-state index contributed by atoms with van der Waals surface area (Å²) in [5.74, 6) is 0.510. The van der Waals surface area contributed by atoms with Crippen LogP contribution in [0.5, 0.6) is 0 Å². The van der Waals surface area contributed by atoms with Gasteiger partial charge in [0.25, 0.3) is 0 Å². The number of pyridine rings is 1. The number of aryl methyl sites for hydroxylation is 1. The summed E-state index contributed by atoms with van der Waals surface area (Å²) in [6.07, 6.45) is 5.34. The molecule has 0 saturated carbocycles. The molecule has 0 bridgehead atoms. The smallest absolute Gasteiger partial charge is 0.123 e. The molecule has 3 aromatic rings. The molecule has 3 heterocycles. The molecule has 0 spiro atoms. The zero-order valence-electron chi connectivity index (χ0n) is 10.4. The fourth-order valence-electron chi connectivity index (χ4n) is 1.92. The van der Waals surface area contributed by atoms with Gasteiger partial charge in [-0.15, -0.1) is 11.3 Å². The molecule has 5 nitrogen and oxygen atoms in total. The number of thiazole rings is 1. The number of nitrogens with zero attached hydrogens (tertiary/aromatic N) is 4. The molecule has 0 radical (unpaired) electrons. The Morgan fingerprint density at radius 3 is 3.05 bits per heavy atom. The van der Waals surface area contributed by atoms with Gasteiger partial charge in [-0.05, 0) is 19.1 Å². The van der Waals surface area contributed by atoms with E-state index in [1.54, 1.807) is 17.5 Å². The van der Waals surface area contributed by atoms with Crippen LogP contribution in [0, 0.1) is 6.92 Å². The van der Waals surface area contributed by atoms with Crippen LogP contribution in [-0.2, 0) is 6.54 Å². The quantitative estimate of drug-likeness (QED) is 0.793. The number of hydrogen-bond acceptors (Lipinski definition) is 5. The second-order valence-corrected chi connectivity index (χ2v) is 5.20. The first-order valence-corrected chi connectivity index (χ1v) is 6.73. The molecule has 0 amide bonds. The Labute approximate surface area is 114 Å². The van der Waals surface area contributed by atoms with Gasteiger partial charge in [0.15, 0.2) is 0 Å². The Balaban J connectivity index is 1.94. The highest BCUT2D eigenvalue weighted by atomic mass is 32.1. The minimum atomic E-state index is 0.510. The lowest BCUT2D eigenvalue weighted by atomic mass is 10.2. The third-order valence-corrected chi connectivity index (χ3v) is 3.71. The van der Waals surface area contributed by atoms with E-state index in [1.807, 2.05) is 31.6 Å². The Kier molecular flexibility index (Phi) is 3.00. The first-order valence-electron chi connectivity index (χ1n) is 5.85. The minimum absolute atomic E-state index is 0.510. The van der Waals surface area contributed by atoms with Crippen molar-refractivity contribution < 1.29 is 0 Å². The van der Waals surface area contributed by atoms with Crippen molar-refractivity contribution in [1.82, 2.24) is 19.5 Å². The maximum absolute atomic E-state index is 5.72. The second kappa shape index (κ2) is 4.81. The largest absolute Gasteiger partial charge is 0.384 e. The van der Waals surface area contributed by atoms with E-state index in [0.29, 0.717) is 5.82 Å². The lowest BCUT2D eigenvalue weighted by Gasteiger charge is -2.06. The van der Waals surface area contributed by atoms with Crippen molar-refractivity contribution in [2.45, 2.75) is 13.5 Å². The Morgan fingerprint density at radius 1 is 1.42 bits per heavy atom. The van der Waals surface area contributed by atoms with Crippen molar-refractivity contribution in [1.29, 1.82) is 0 Å². The van der Waals surface area contributed by atoms with Crippen molar-refractivity contribution >= 4 is 17.2 Å². The Hall–Kier alpha value is -2.21.